The number of hydrogen-bond acceptors (Lipinski definition) is 0. The van der Waals surface area contributed by atoms with Crippen molar-refractivity contribution in [1.29, 1.82) is 0 Å². The lowest BCUT2D eigenvalue weighted by atomic mass is 9.98. The van der Waals surface area contributed by atoms with Crippen LogP contribution in [0.15, 0.2) is 36.0 Å². The number of rotatable bonds is 3. The molecular weight excluding hydrogens is 132 g/mol. The van der Waals surface area contributed by atoms with Crippen LogP contribution in [0.2, 0.25) is 0 Å². The molecule has 0 saturated heterocycles. The third-order valence-electron chi connectivity index (χ3n) is 1.96. The van der Waals surface area contributed by atoms with Crippen LogP contribution >= 0.6 is 0 Å². The molecule has 0 bridgehead atoms. The van der Waals surface area contributed by atoms with Gasteiger partial charge >= 0.3 is 0 Å². The van der Waals surface area contributed by atoms with Gasteiger partial charge in [-0.1, -0.05) is 38.2 Å². The van der Waals surface area contributed by atoms with Crippen molar-refractivity contribution in [2.45, 2.75) is 32.6 Å². The minimum Gasteiger partial charge on any atom is -0.0952 e. The smallest absolute Gasteiger partial charge is 0.0273 e. The molecule has 0 radical (unpaired) electrons. The van der Waals surface area contributed by atoms with Crippen LogP contribution in [0, 0.1) is 0 Å². The Bertz CT molecular complexity index is 194. The highest BCUT2D eigenvalue weighted by molar-refractivity contribution is 5.39. The minimum absolute atomic E-state index is 1.14. The Kier molecular flexibility index (Phi) is 3.15. The van der Waals surface area contributed by atoms with Crippen LogP contribution in [0.5, 0.6) is 0 Å². The molecule has 0 aromatic carbocycles. The lowest BCUT2D eigenvalue weighted by Gasteiger charge is -2.08. The van der Waals surface area contributed by atoms with Gasteiger partial charge in [-0.3, -0.25) is 0 Å². The second kappa shape index (κ2) is 4.17. The lowest BCUT2D eigenvalue weighted by molar-refractivity contribution is 0.910. The van der Waals surface area contributed by atoms with E-state index in [1.807, 2.05) is 0 Å². The van der Waals surface area contributed by atoms with Gasteiger partial charge in [-0.2, -0.15) is 0 Å². The standard InChI is InChI=1S/C11H16/c1-3-7-10(2)11-8-5-4-6-9-11/h5,8-9H,2-4,6-7H2,1H3. The zero-order chi connectivity index (χ0) is 8.10. The summed E-state index contributed by atoms with van der Waals surface area (Å²) >= 11 is 0. The molecular formula is C11H16. The largest absolute Gasteiger partial charge is 0.0952 e. The minimum atomic E-state index is 1.14. The van der Waals surface area contributed by atoms with E-state index in [9.17, 15) is 0 Å². The summed E-state index contributed by atoms with van der Waals surface area (Å²) in [7, 11) is 0. The summed E-state index contributed by atoms with van der Waals surface area (Å²) in [6.45, 7) is 6.24. The average molecular weight is 148 g/mol. The second-order valence-electron chi connectivity index (χ2n) is 2.99. The van der Waals surface area contributed by atoms with E-state index in [2.05, 4.69) is 31.7 Å². The predicted molar refractivity (Wildman–Crippen MR) is 50.5 cm³/mol. The molecule has 11 heavy (non-hydrogen) atoms. The summed E-state index contributed by atoms with van der Waals surface area (Å²) < 4.78 is 0. The molecule has 0 fully saturated rings. The summed E-state index contributed by atoms with van der Waals surface area (Å²) in [6.07, 6.45) is 11.4. The Balaban J connectivity index is 2.52. The van der Waals surface area contributed by atoms with E-state index in [4.69, 9.17) is 0 Å². The van der Waals surface area contributed by atoms with Crippen molar-refractivity contribution in [3.05, 3.63) is 36.0 Å². The van der Waals surface area contributed by atoms with Crippen molar-refractivity contribution >= 4 is 0 Å². The second-order valence-corrected chi connectivity index (χ2v) is 2.99. The first-order valence-electron chi connectivity index (χ1n) is 4.39. The maximum absolute atomic E-state index is 4.05. The Labute approximate surface area is 69.3 Å². The van der Waals surface area contributed by atoms with Crippen LogP contribution < -0.4 is 0 Å². The third kappa shape index (κ3) is 2.38. The molecule has 1 rings (SSSR count). The maximum atomic E-state index is 4.05. The normalized spacial score (nSPS) is 16.3. The Morgan fingerprint density at radius 1 is 1.55 bits per heavy atom. The molecule has 0 heterocycles. The van der Waals surface area contributed by atoms with Crippen LogP contribution in [-0.2, 0) is 0 Å². The van der Waals surface area contributed by atoms with Gasteiger partial charge in [0.25, 0.3) is 0 Å². The monoisotopic (exact) mass is 148 g/mol. The van der Waals surface area contributed by atoms with Gasteiger partial charge in [0, 0.05) is 0 Å². The fourth-order valence-corrected chi connectivity index (χ4v) is 1.32. The summed E-state index contributed by atoms with van der Waals surface area (Å²) in [6, 6.07) is 0. The van der Waals surface area contributed by atoms with Gasteiger partial charge in [0.2, 0.25) is 0 Å². The van der Waals surface area contributed by atoms with Crippen LogP contribution in [0.1, 0.15) is 32.6 Å². The van der Waals surface area contributed by atoms with Crippen LogP contribution in [-0.4, -0.2) is 0 Å². The van der Waals surface area contributed by atoms with E-state index in [1.54, 1.807) is 0 Å². The molecule has 60 valence electrons. The van der Waals surface area contributed by atoms with E-state index in [-0.39, 0.29) is 0 Å². The molecule has 1 aliphatic rings. The molecule has 0 amide bonds. The van der Waals surface area contributed by atoms with E-state index in [0.717, 1.165) is 6.42 Å². The predicted octanol–water partition coefficient (Wildman–Crippen LogP) is 3.62. The van der Waals surface area contributed by atoms with Crippen LogP contribution in [0.3, 0.4) is 0 Å². The Morgan fingerprint density at radius 3 is 2.91 bits per heavy atom. The van der Waals surface area contributed by atoms with Crippen molar-refractivity contribution in [1.82, 2.24) is 0 Å². The topological polar surface area (TPSA) is 0 Å². The highest BCUT2D eigenvalue weighted by atomic mass is 14.1. The number of allylic oxidation sites excluding steroid dienone is 5. The summed E-state index contributed by atoms with van der Waals surface area (Å²) in [4.78, 5) is 0. The van der Waals surface area contributed by atoms with Gasteiger partial charge < -0.3 is 0 Å². The third-order valence-corrected chi connectivity index (χ3v) is 1.96. The Hall–Kier alpha value is -0.780. The highest BCUT2D eigenvalue weighted by Gasteiger charge is 1.99. The van der Waals surface area contributed by atoms with E-state index in [1.165, 1.54) is 30.4 Å². The molecule has 0 unspecified atom stereocenters. The maximum Gasteiger partial charge on any atom is -0.0273 e. The fraction of sp³-hybridized carbons (Fsp3) is 0.455. The molecule has 0 aromatic heterocycles. The molecule has 1 aliphatic carbocycles. The van der Waals surface area contributed by atoms with Crippen molar-refractivity contribution in [2.24, 2.45) is 0 Å². The first-order valence-corrected chi connectivity index (χ1v) is 4.39. The SMILES string of the molecule is C=C(CCC)C1=CCCC=C1. The van der Waals surface area contributed by atoms with Gasteiger partial charge in [0.05, 0.1) is 0 Å². The average Bonchev–Trinajstić information content (AvgIpc) is 2.07. The summed E-state index contributed by atoms with van der Waals surface area (Å²) in [5, 5.41) is 0. The fourth-order valence-electron chi connectivity index (χ4n) is 1.32. The molecule has 0 aromatic rings. The van der Waals surface area contributed by atoms with Gasteiger partial charge in [0.15, 0.2) is 0 Å². The van der Waals surface area contributed by atoms with Crippen LogP contribution in [0.4, 0.5) is 0 Å². The summed E-state index contributed by atoms with van der Waals surface area (Å²) in [5.41, 5.74) is 2.65. The van der Waals surface area contributed by atoms with E-state index < -0.39 is 0 Å². The number of hydrogen-bond donors (Lipinski definition) is 0. The molecule has 0 atom stereocenters. The molecule has 0 nitrogen and oxygen atoms in total. The molecule has 0 N–H and O–H groups in total. The van der Waals surface area contributed by atoms with E-state index >= 15 is 0 Å². The van der Waals surface area contributed by atoms with Gasteiger partial charge in [0.1, 0.15) is 0 Å². The van der Waals surface area contributed by atoms with Crippen molar-refractivity contribution in [2.75, 3.05) is 0 Å². The first kappa shape index (κ1) is 8.32. The van der Waals surface area contributed by atoms with Gasteiger partial charge in [-0.15, -0.1) is 0 Å². The first-order chi connectivity index (χ1) is 5.34. The van der Waals surface area contributed by atoms with Crippen molar-refractivity contribution < 1.29 is 0 Å². The molecule has 0 heteroatoms. The molecule has 0 aliphatic heterocycles. The van der Waals surface area contributed by atoms with Gasteiger partial charge in [-0.05, 0) is 30.4 Å². The summed E-state index contributed by atoms with van der Waals surface area (Å²) in [5.74, 6) is 0. The van der Waals surface area contributed by atoms with Crippen molar-refractivity contribution in [3.63, 3.8) is 0 Å². The highest BCUT2D eigenvalue weighted by Crippen LogP contribution is 2.19. The molecule has 0 saturated carbocycles. The van der Waals surface area contributed by atoms with E-state index in [0.29, 0.717) is 0 Å². The van der Waals surface area contributed by atoms with Crippen LogP contribution in [0.25, 0.3) is 0 Å². The van der Waals surface area contributed by atoms with Gasteiger partial charge in [-0.25, -0.2) is 0 Å². The van der Waals surface area contributed by atoms with Crippen molar-refractivity contribution in [3.8, 4) is 0 Å². The quantitative estimate of drug-likeness (QED) is 0.573. The molecule has 0 spiro atoms. The Morgan fingerprint density at radius 2 is 2.36 bits per heavy atom. The lowest BCUT2D eigenvalue weighted by Crippen LogP contribution is -1.88. The zero-order valence-electron chi connectivity index (χ0n) is 7.27. The zero-order valence-corrected chi connectivity index (χ0v) is 7.27.